The number of morpholine rings is 1. The lowest BCUT2D eigenvalue weighted by molar-refractivity contribution is -0.0290. The number of ether oxygens (including phenoxy) is 1. The minimum atomic E-state index is 0.230. The van der Waals surface area contributed by atoms with Crippen molar-refractivity contribution in [2.45, 2.75) is 12.6 Å². The first kappa shape index (κ1) is 9.48. The number of anilines is 1. The highest BCUT2D eigenvalue weighted by Crippen LogP contribution is 2.06. The number of hydrogen-bond donors (Lipinski definition) is 1. The first-order valence-corrected chi connectivity index (χ1v) is 4.82. The maximum atomic E-state index is 5.62. The van der Waals surface area contributed by atoms with Gasteiger partial charge in [0.25, 0.3) is 0 Å². The van der Waals surface area contributed by atoms with Crippen molar-refractivity contribution in [3.8, 4) is 0 Å². The number of hydrogen-bond acceptors (Lipinski definition) is 4. The highest BCUT2D eigenvalue weighted by atomic mass is 16.5. The van der Waals surface area contributed by atoms with E-state index in [-0.39, 0.29) is 6.10 Å². The molecule has 0 aliphatic carbocycles. The fourth-order valence-corrected chi connectivity index (χ4v) is 1.67. The lowest BCUT2D eigenvalue weighted by Gasteiger charge is -2.29. The van der Waals surface area contributed by atoms with Crippen LogP contribution in [0.15, 0.2) is 12.4 Å². The molecule has 0 radical (unpaired) electrons. The van der Waals surface area contributed by atoms with Crippen LogP contribution in [-0.4, -0.2) is 47.5 Å². The molecule has 5 nitrogen and oxygen atoms in total. The van der Waals surface area contributed by atoms with Crippen molar-refractivity contribution in [1.82, 2.24) is 14.7 Å². The molecule has 2 heterocycles. The Balaban J connectivity index is 1.90. The van der Waals surface area contributed by atoms with E-state index in [1.807, 2.05) is 10.9 Å². The van der Waals surface area contributed by atoms with Crippen LogP contribution in [0.5, 0.6) is 0 Å². The fraction of sp³-hybridized carbons (Fsp3) is 0.667. The third kappa shape index (κ3) is 2.24. The quantitative estimate of drug-likeness (QED) is 0.711. The van der Waals surface area contributed by atoms with Gasteiger partial charge in [-0.1, -0.05) is 0 Å². The van der Waals surface area contributed by atoms with Crippen LogP contribution >= 0.6 is 0 Å². The number of nitrogen functional groups attached to an aromatic ring is 1. The van der Waals surface area contributed by atoms with E-state index in [0.29, 0.717) is 5.69 Å². The smallest absolute Gasteiger partial charge is 0.0897 e. The van der Waals surface area contributed by atoms with Gasteiger partial charge in [0.15, 0.2) is 0 Å². The highest BCUT2D eigenvalue weighted by molar-refractivity contribution is 5.30. The molecule has 0 saturated carbocycles. The molecule has 1 aliphatic heterocycles. The van der Waals surface area contributed by atoms with Crippen molar-refractivity contribution >= 4 is 5.69 Å². The second kappa shape index (κ2) is 3.98. The molecule has 2 rings (SSSR count). The zero-order chi connectivity index (χ0) is 9.97. The molecule has 1 saturated heterocycles. The average Bonchev–Trinajstić information content (AvgIpc) is 2.51. The Morgan fingerprint density at radius 2 is 2.57 bits per heavy atom. The molecule has 0 aromatic carbocycles. The van der Waals surface area contributed by atoms with Gasteiger partial charge in [0.2, 0.25) is 0 Å². The van der Waals surface area contributed by atoms with E-state index in [4.69, 9.17) is 10.5 Å². The second-order valence-corrected chi connectivity index (χ2v) is 3.75. The zero-order valence-electron chi connectivity index (χ0n) is 8.39. The molecule has 1 aliphatic rings. The fourth-order valence-electron chi connectivity index (χ4n) is 1.67. The summed E-state index contributed by atoms with van der Waals surface area (Å²) in [5.74, 6) is 0. The Hall–Kier alpha value is -1.07. The molecule has 2 N–H and O–H groups in total. The minimum Gasteiger partial charge on any atom is -0.396 e. The molecule has 5 heteroatoms. The molecule has 1 fully saturated rings. The van der Waals surface area contributed by atoms with Crippen molar-refractivity contribution in [3.63, 3.8) is 0 Å². The van der Waals surface area contributed by atoms with Crippen LogP contribution in [0.3, 0.4) is 0 Å². The molecular formula is C9H16N4O. The van der Waals surface area contributed by atoms with Gasteiger partial charge in [-0.2, -0.15) is 5.10 Å². The summed E-state index contributed by atoms with van der Waals surface area (Å²) in [6, 6.07) is 0. The molecule has 0 spiro atoms. The summed E-state index contributed by atoms with van der Waals surface area (Å²) in [7, 11) is 2.10. The summed E-state index contributed by atoms with van der Waals surface area (Å²) in [6.45, 7) is 3.55. The lowest BCUT2D eigenvalue weighted by atomic mass is 10.3. The van der Waals surface area contributed by atoms with E-state index in [0.717, 1.165) is 26.2 Å². The van der Waals surface area contributed by atoms with E-state index in [1.165, 1.54) is 0 Å². The monoisotopic (exact) mass is 196 g/mol. The molecule has 0 bridgehead atoms. The number of nitrogens with two attached hydrogens (primary N) is 1. The van der Waals surface area contributed by atoms with Crippen LogP contribution in [0.25, 0.3) is 0 Å². The Morgan fingerprint density at radius 3 is 3.21 bits per heavy atom. The van der Waals surface area contributed by atoms with Gasteiger partial charge in [-0.05, 0) is 7.05 Å². The molecular weight excluding hydrogens is 180 g/mol. The number of aromatic nitrogens is 2. The highest BCUT2D eigenvalue weighted by Gasteiger charge is 2.18. The summed E-state index contributed by atoms with van der Waals surface area (Å²) >= 11 is 0. The summed E-state index contributed by atoms with van der Waals surface area (Å²) in [5.41, 5.74) is 6.28. The summed E-state index contributed by atoms with van der Waals surface area (Å²) < 4.78 is 7.45. The third-order valence-electron chi connectivity index (χ3n) is 2.39. The van der Waals surface area contributed by atoms with Gasteiger partial charge in [0.1, 0.15) is 0 Å². The van der Waals surface area contributed by atoms with Gasteiger partial charge in [-0.25, -0.2) is 0 Å². The molecule has 1 atom stereocenters. The van der Waals surface area contributed by atoms with Crippen LogP contribution in [0.4, 0.5) is 5.69 Å². The maximum Gasteiger partial charge on any atom is 0.0897 e. The van der Waals surface area contributed by atoms with Gasteiger partial charge in [-0.15, -0.1) is 0 Å². The number of nitrogens with zero attached hydrogens (tertiary/aromatic N) is 3. The van der Waals surface area contributed by atoms with E-state index in [1.54, 1.807) is 6.20 Å². The van der Waals surface area contributed by atoms with Crippen molar-refractivity contribution in [3.05, 3.63) is 12.4 Å². The summed E-state index contributed by atoms with van der Waals surface area (Å²) in [6.07, 6.45) is 3.72. The normalized spacial score (nSPS) is 23.9. The van der Waals surface area contributed by atoms with Gasteiger partial charge < -0.3 is 15.4 Å². The third-order valence-corrected chi connectivity index (χ3v) is 2.39. The van der Waals surface area contributed by atoms with E-state index >= 15 is 0 Å². The number of likely N-dealkylation sites (N-methyl/N-ethyl adjacent to an activating group) is 1. The lowest BCUT2D eigenvalue weighted by Crippen LogP contribution is -2.42. The van der Waals surface area contributed by atoms with Gasteiger partial charge in [-0.3, -0.25) is 4.68 Å². The Kier molecular flexibility index (Phi) is 2.69. The van der Waals surface area contributed by atoms with Crippen molar-refractivity contribution < 1.29 is 4.74 Å². The minimum absolute atomic E-state index is 0.230. The van der Waals surface area contributed by atoms with E-state index < -0.39 is 0 Å². The maximum absolute atomic E-state index is 5.62. The van der Waals surface area contributed by atoms with Crippen LogP contribution in [0, 0.1) is 0 Å². The van der Waals surface area contributed by atoms with Crippen molar-refractivity contribution in [2.24, 2.45) is 0 Å². The topological polar surface area (TPSA) is 56.3 Å². The zero-order valence-corrected chi connectivity index (χ0v) is 8.39. The van der Waals surface area contributed by atoms with Gasteiger partial charge in [0.05, 0.1) is 31.1 Å². The predicted molar refractivity (Wildman–Crippen MR) is 53.9 cm³/mol. The van der Waals surface area contributed by atoms with Crippen LogP contribution in [0.1, 0.15) is 0 Å². The molecule has 78 valence electrons. The first-order valence-electron chi connectivity index (χ1n) is 4.82. The number of rotatable bonds is 2. The average molecular weight is 196 g/mol. The Morgan fingerprint density at radius 1 is 1.71 bits per heavy atom. The van der Waals surface area contributed by atoms with Gasteiger partial charge >= 0.3 is 0 Å². The Bertz CT molecular complexity index is 299. The van der Waals surface area contributed by atoms with Crippen LogP contribution < -0.4 is 5.73 Å². The molecule has 1 aromatic heterocycles. The van der Waals surface area contributed by atoms with Crippen molar-refractivity contribution in [1.29, 1.82) is 0 Å². The summed E-state index contributed by atoms with van der Waals surface area (Å²) in [5, 5.41) is 4.13. The summed E-state index contributed by atoms with van der Waals surface area (Å²) in [4.78, 5) is 2.26. The van der Waals surface area contributed by atoms with Gasteiger partial charge in [0, 0.05) is 19.3 Å². The Labute approximate surface area is 83.4 Å². The largest absolute Gasteiger partial charge is 0.396 e. The predicted octanol–water partition coefficient (Wildman–Crippen LogP) is -0.204. The molecule has 0 unspecified atom stereocenters. The standard InChI is InChI=1S/C9H16N4O/c1-12-2-3-14-9(6-12)7-13-5-8(10)4-11-13/h4-5,9H,2-3,6-7,10H2,1H3/t9-/m1/s1. The van der Waals surface area contributed by atoms with Crippen molar-refractivity contribution in [2.75, 3.05) is 32.5 Å². The molecule has 0 amide bonds. The van der Waals surface area contributed by atoms with E-state index in [9.17, 15) is 0 Å². The SMILES string of the molecule is CN1CCO[C@@H](Cn2cc(N)cn2)C1. The molecule has 1 aromatic rings. The second-order valence-electron chi connectivity index (χ2n) is 3.75. The van der Waals surface area contributed by atoms with E-state index in [2.05, 4.69) is 17.0 Å². The van der Waals surface area contributed by atoms with Crippen LogP contribution in [0.2, 0.25) is 0 Å². The first-order chi connectivity index (χ1) is 6.74. The van der Waals surface area contributed by atoms with Crippen LogP contribution in [-0.2, 0) is 11.3 Å². The molecule has 14 heavy (non-hydrogen) atoms.